The second-order valence-electron chi connectivity index (χ2n) is 4.67. The van der Waals surface area contributed by atoms with Gasteiger partial charge in [-0.05, 0) is 38.5 Å². The molecule has 0 spiro atoms. The first-order valence-electron chi connectivity index (χ1n) is 6.50. The fourth-order valence-electron chi connectivity index (χ4n) is 1.97. The highest BCUT2D eigenvalue weighted by molar-refractivity contribution is 5.87. The van der Waals surface area contributed by atoms with Crippen molar-refractivity contribution in [2.24, 2.45) is 0 Å². The summed E-state index contributed by atoms with van der Waals surface area (Å²) in [6, 6.07) is 5.27. The Morgan fingerprint density at radius 2 is 2.20 bits per heavy atom. The van der Waals surface area contributed by atoms with E-state index in [0.29, 0.717) is 5.82 Å². The summed E-state index contributed by atoms with van der Waals surface area (Å²) in [5, 5.41) is 16.3. The van der Waals surface area contributed by atoms with Crippen LogP contribution in [0.2, 0.25) is 0 Å². The second-order valence-corrected chi connectivity index (χ2v) is 4.67. The minimum absolute atomic E-state index is 0.193. The molecule has 20 heavy (non-hydrogen) atoms. The number of nitrogens with zero attached hydrogens (tertiary/aromatic N) is 3. The van der Waals surface area contributed by atoms with Gasteiger partial charge in [-0.3, -0.25) is 4.68 Å². The van der Waals surface area contributed by atoms with Gasteiger partial charge >= 0.3 is 5.97 Å². The van der Waals surface area contributed by atoms with Crippen LogP contribution in [0.5, 0.6) is 0 Å². The number of hydrogen-bond acceptors (Lipinski definition) is 4. The Balaban J connectivity index is 1.78. The molecule has 0 aromatic carbocycles. The van der Waals surface area contributed by atoms with Gasteiger partial charge in [0.15, 0.2) is 0 Å². The molecule has 2 aromatic heterocycles. The molecule has 2 rings (SSSR count). The molecule has 0 saturated carbocycles. The Kier molecular flexibility index (Phi) is 4.34. The lowest BCUT2D eigenvalue weighted by atomic mass is 10.3. The van der Waals surface area contributed by atoms with E-state index >= 15 is 0 Å². The predicted octanol–water partition coefficient (Wildman–Crippen LogP) is 2.10. The quantitative estimate of drug-likeness (QED) is 0.788. The van der Waals surface area contributed by atoms with E-state index in [1.165, 1.54) is 6.20 Å². The lowest BCUT2D eigenvalue weighted by molar-refractivity contribution is 0.0696. The van der Waals surface area contributed by atoms with Gasteiger partial charge in [-0.15, -0.1) is 0 Å². The van der Waals surface area contributed by atoms with Gasteiger partial charge in [-0.25, -0.2) is 9.78 Å². The normalized spacial score (nSPS) is 10.5. The van der Waals surface area contributed by atoms with Crippen molar-refractivity contribution in [2.45, 2.75) is 26.8 Å². The summed E-state index contributed by atoms with van der Waals surface area (Å²) in [5.41, 5.74) is 2.38. The zero-order chi connectivity index (χ0) is 14.5. The van der Waals surface area contributed by atoms with Crippen LogP contribution in [0, 0.1) is 13.8 Å². The van der Waals surface area contributed by atoms with E-state index in [9.17, 15) is 4.79 Å². The van der Waals surface area contributed by atoms with Crippen LogP contribution in [-0.2, 0) is 6.54 Å². The summed E-state index contributed by atoms with van der Waals surface area (Å²) >= 11 is 0. The molecule has 6 nitrogen and oxygen atoms in total. The first kappa shape index (κ1) is 14.0. The molecule has 0 aliphatic rings. The number of carboxylic acids is 1. The molecule has 0 radical (unpaired) electrons. The van der Waals surface area contributed by atoms with Gasteiger partial charge < -0.3 is 10.4 Å². The number of carbonyl (C=O) groups is 1. The lowest BCUT2D eigenvalue weighted by Crippen LogP contribution is -2.10. The van der Waals surface area contributed by atoms with Crippen LogP contribution in [0.25, 0.3) is 0 Å². The van der Waals surface area contributed by atoms with Crippen molar-refractivity contribution < 1.29 is 9.90 Å². The summed E-state index contributed by atoms with van der Waals surface area (Å²) in [5.74, 6) is -0.281. The van der Waals surface area contributed by atoms with Gasteiger partial charge in [0.05, 0.1) is 11.3 Å². The van der Waals surface area contributed by atoms with Gasteiger partial charge in [-0.1, -0.05) is 0 Å². The van der Waals surface area contributed by atoms with Crippen molar-refractivity contribution >= 4 is 11.8 Å². The van der Waals surface area contributed by atoms with Crippen molar-refractivity contribution in [2.75, 3.05) is 11.9 Å². The summed E-state index contributed by atoms with van der Waals surface area (Å²) in [4.78, 5) is 14.7. The molecule has 0 aliphatic carbocycles. The Labute approximate surface area is 117 Å². The molecule has 2 aromatic rings. The Bertz CT molecular complexity index is 590. The predicted molar refractivity (Wildman–Crippen MR) is 76.0 cm³/mol. The maximum atomic E-state index is 10.7. The SMILES string of the molecule is Cc1cc(C)n(CCCNc2ccc(C(=O)O)cn2)n1. The molecule has 2 heterocycles. The molecular weight excluding hydrogens is 256 g/mol. The zero-order valence-corrected chi connectivity index (χ0v) is 11.6. The van der Waals surface area contributed by atoms with Gasteiger partial charge in [0, 0.05) is 25.0 Å². The highest BCUT2D eigenvalue weighted by atomic mass is 16.4. The molecule has 2 N–H and O–H groups in total. The van der Waals surface area contributed by atoms with Crippen molar-refractivity contribution in [3.63, 3.8) is 0 Å². The van der Waals surface area contributed by atoms with Crippen LogP contribution in [0.1, 0.15) is 28.2 Å². The van der Waals surface area contributed by atoms with Crippen LogP contribution in [0.4, 0.5) is 5.82 Å². The average molecular weight is 274 g/mol. The van der Waals surface area contributed by atoms with E-state index in [4.69, 9.17) is 5.11 Å². The number of pyridine rings is 1. The number of anilines is 1. The summed E-state index contributed by atoms with van der Waals surface area (Å²) < 4.78 is 1.98. The van der Waals surface area contributed by atoms with Crippen molar-refractivity contribution in [3.8, 4) is 0 Å². The molecule has 0 atom stereocenters. The monoisotopic (exact) mass is 274 g/mol. The Morgan fingerprint density at radius 1 is 1.40 bits per heavy atom. The molecule has 0 unspecified atom stereocenters. The number of nitrogens with one attached hydrogen (secondary N) is 1. The maximum absolute atomic E-state index is 10.7. The third-order valence-corrected chi connectivity index (χ3v) is 2.97. The number of hydrogen-bond donors (Lipinski definition) is 2. The largest absolute Gasteiger partial charge is 0.478 e. The van der Waals surface area contributed by atoms with E-state index in [1.54, 1.807) is 12.1 Å². The van der Waals surface area contributed by atoms with Crippen molar-refractivity contribution in [1.82, 2.24) is 14.8 Å². The number of aromatic carboxylic acids is 1. The van der Waals surface area contributed by atoms with Gasteiger partial charge in [0.2, 0.25) is 0 Å². The third-order valence-electron chi connectivity index (χ3n) is 2.97. The maximum Gasteiger partial charge on any atom is 0.337 e. The topological polar surface area (TPSA) is 80.0 Å². The van der Waals surface area contributed by atoms with Gasteiger partial charge in [0.25, 0.3) is 0 Å². The number of carboxylic acid groups (broad SMARTS) is 1. The van der Waals surface area contributed by atoms with Crippen molar-refractivity contribution in [1.29, 1.82) is 0 Å². The number of rotatable bonds is 6. The van der Waals surface area contributed by atoms with Crippen LogP contribution in [0.15, 0.2) is 24.4 Å². The fraction of sp³-hybridized carbons (Fsp3) is 0.357. The molecule has 0 aliphatic heterocycles. The van der Waals surface area contributed by atoms with Crippen LogP contribution in [0.3, 0.4) is 0 Å². The summed E-state index contributed by atoms with van der Waals surface area (Å²) in [6.45, 7) is 5.63. The molecule has 0 bridgehead atoms. The number of aryl methyl sites for hydroxylation is 3. The molecule has 106 valence electrons. The van der Waals surface area contributed by atoms with E-state index in [-0.39, 0.29) is 5.56 Å². The van der Waals surface area contributed by atoms with E-state index < -0.39 is 5.97 Å². The zero-order valence-electron chi connectivity index (χ0n) is 11.6. The Morgan fingerprint density at radius 3 is 2.75 bits per heavy atom. The molecule has 0 fully saturated rings. The molecular formula is C14H18N4O2. The van der Waals surface area contributed by atoms with Crippen LogP contribution in [-0.4, -0.2) is 32.4 Å². The minimum Gasteiger partial charge on any atom is -0.478 e. The summed E-state index contributed by atoms with van der Waals surface area (Å²) in [6.07, 6.45) is 2.27. The van der Waals surface area contributed by atoms with E-state index in [1.807, 2.05) is 18.5 Å². The molecule has 0 amide bonds. The van der Waals surface area contributed by atoms with E-state index in [2.05, 4.69) is 21.5 Å². The van der Waals surface area contributed by atoms with Crippen LogP contribution >= 0.6 is 0 Å². The standard InChI is InChI=1S/C14H18N4O2/c1-10-8-11(2)18(17-10)7-3-6-15-13-5-4-12(9-16-13)14(19)20/h4-5,8-9H,3,6-7H2,1-2H3,(H,15,16)(H,19,20). The highest BCUT2D eigenvalue weighted by Crippen LogP contribution is 2.06. The third kappa shape index (κ3) is 3.57. The first-order chi connectivity index (χ1) is 9.56. The highest BCUT2D eigenvalue weighted by Gasteiger charge is 2.03. The first-order valence-corrected chi connectivity index (χ1v) is 6.50. The van der Waals surface area contributed by atoms with Gasteiger partial charge in [-0.2, -0.15) is 5.10 Å². The number of aromatic nitrogens is 3. The fourth-order valence-corrected chi connectivity index (χ4v) is 1.97. The average Bonchev–Trinajstić information content (AvgIpc) is 2.73. The van der Waals surface area contributed by atoms with Crippen LogP contribution < -0.4 is 5.32 Å². The summed E-state index contributed by atoms with van der Waals surface area (Å²) in [7, 11) is 0. The second kappa shape index (κ2) is 6.18. The van der Waals surface area contributed by atoms with Gasteiger partial charge in [0.1, 0.15) is 5.82 Å². The molecule has 6 heteroatoms. The minimum atomic E-state index is -0.964. The molecule has 0 saturated heterocycles. The van der Waals surface area contributed by atoms with Crippen molar-refractivity contribution in [3.05, 3.63) is 41.3 Å². The lowest BCUT2D eigenvalue weighted by Gasteiger charge is -2.07. The Hall–Kier alpha value is -2.37. The smallest absolute Gasteiger partial charge is 0.337 e. The van der Waals surface area contributed by atoms with E-state index in [0.717, 1.165) is 30.9 Å².